The summed E-state index contributed by atoms with van der Waals surface area (Å²) in [6, 6.07) is 6.56. The Hall–Kier alpha value is -0.763. The maximum atomic E-state index is 3.42. The zero-order chi connectivity index (χ0) is 9.84. The predicted molar refractivity (Wildman–Crippen MR) is 64.3 cm³/mol. The van der Waals surface area contributed by atoms with Crippen LogP contribution in [0.15, 0.2) is 18.2 Å². The van der Waals surface area contributed by atoms with E-state index in [0.717, 1.165) is 16.8 Å². The van der Waals surface area contributed by atoms with E-state index >= 15 is 0 Å². The first-order valence-corrected chi connectivity index (χ1v) is 6.00. The Kier molecular flexibility index (Phi) is 3.55. The summed E-state index contributed by atoms with van der Waals surface area (Å²) in [5, 5.41) is 4.94. The van der Waals surface area contributed by atoms with Gasteiger partial charge in [-0.2, -0.15) is 0 Å². The fraction of sp³-hybridized carbons (Fsp3) is 0.455. The van der Waals surface area contributed by atoms with Crippen LogP contribution in [0, 0.1) is 0 Å². The molecule has 0 unspecified atom stereocenters. The van der Waals surface area contributed by atoms with Crippen LogP contribution >= 0.6 is 0 Å². The SMILES string of the molecule is CCNc1cccc([SiH3])c1C(C)C. The zero-order valence-electron chi connectivity index (χ0n) is 9.02. The van der Waals surface area contributed by atoms with Gasteiger partial charge in [-0.1, -0.05) is 31.2 Å². The molecular formula is C11H19NSi. The number of anilines is 1. The standard InChI is InChI=1S/C11H19NSi/c1-4-12-9-6-5-7-10(13)11(9)8(2)3/h5-8,12H,4H2,1-3,13H3. The Morgan fingerprint density at radius 3 is 2.62 bits per heavy atom. The minimum Gasteiger partial charge on any atom is -0.385 e. The Morgan fingerprint density at radius 1 is 1.38 bits per heavy atom. The number of nitrogens with one attached hydrogen (secondary N) is 1. The van der Waals surface area contributed by atoms with Crippen LogP contribution in [0.3, 0.4) is 0 Å². The molecule has 1 rings (SSSR count). The second-order valence-electron chi connectivity index (χ2n) is 3.72. The predicted octanol–water partition coefficient (Wildman–Crippen LogP) is 1.23. The second-order valence-corrected chi connectivity index (χ2v) is 4.80. The molecule has 13 heavy (non-hydrogen) atoms. The van der Waals surface area contributed by atoms with Gasteiger partial charge in [0.05, 0.1) is 0 Å². The zero-order valence-corrected chi connectivity index (χ0v) is 11.0. The van der Waals surface area contributed by atoms with Crippen LogP contribution in [-0.2, 0) is 0 Å². The highest BCUT2D eigenvalue weighted by Crippen LogP contribution is 2.21. The Labute approximate surface area is 84.0 Å². The largest absolute Gasteiger partial charge is 0.385 e. The van der Waals surface area contributed by atoms with Gasteiger partial charge >= 0.3 is 0 Å². The maximum Gasteiger partial charge on any atom is 0.0389 e. The number of hydrogen-bond acceptors (Lipinski definition) is 1. The third-order valence-corrected chi connectivity index (χ3v) is 3.14. The van der Waals surface area contributed by atoms with Gasteiger partial charge in [0.2, 0.25) is 0 Å². The van der Waals surface area contributed by atoms with E-state index in [-0.39, 0.29) is 0 Å². The molecule has 0 saturated carbocycles. The topological polar surface area (TPSA) is 12.0 Å². The summed E-state index contributed by atoms with van der Waals surface area (Å²) < 4.78 is 0. The van der Waals surface area contributed by atoms with Crippen molar-refractivity contribution < 1.29 is 0 Å². The fourth-order valence-corrected chi connectivity index (χ4v) is 2.83. The van der Waals surface area contributed by atoms with Gasteiger partial charge in [-0.05, 0) is 24.5 Å². The Morgan fingerprint density at radius 2 is 2.08 bits per heavy atom. The molecule has 2 heteroatoms. The minimum atomic E-state index is 0.628. The summed E-state index contributed by atoms with van der Waals surface area (Å²) in [6.45, 7) is 7.67. The molecule has 72 valence electrons. The van der Waals surface area contributed by atoms with Crippen LogP contribution in [0.2, 0.25) is 0 Å². The number of hydrogen-bond donors (Lipinski definition) is 1. The van der Waals surface area contributed by atoms with Crippen LogP contribution in [0.4, 0.5) is 5.69 Å². The second kappa shape index (κ2) is 4.47. The summed E-state index contributed by atoms with van der Waals surface area (Å²) >= 11 is 0. The van der Waals surface area contributed by atoms with Gasteiger partial charge in [0.1, 0.15) is 0 Å². The maximum absolute atomic E-state index is 3.42. The van der Waals surface area contributed by atoms with Crippen LogP contribution in [0.5, 0.6) is 0 Å². The van der Waals surface area contributed by atoms with Gasteiger partial charge in [0.25, 0.3) is 0 Å². The highest BCUT2D eigenvalue weighted by Gasteiger charge is 2.07. The van der Waals surface area contributed by atoms with Crippen molar-refractivity contribution in [3.8, 4) is 0 Å². The van der Waals surface area contributed by atoms with E-state index in [1.54, 1.807) is 0 Å². The highest BCUT2D eigenvalue weighted by molar-refractivity contribution is 6.33. The van der Waals surface area contributed by atoms with Crippen molar-refractivity contribution in [3.05, 3.63) is 23.8 Å². The molecule has 0 saturated heterocycles. The average molecular weight is 193 g/mol. The molecule has 0 bridgehead atoms. The van der Waals surface area contributed by atoms with Gasteiger partial charge in [-0.25, -0.2) is 0 Å². The molecule has 1 aromatic rings. The van der Waals surface area contributed by atoms with E-state index < -0.39 is 0 Å². The van der Waals surface area contributed by atoms with Crippen molar-refractivity contribution in [2.24, 2.45) is 0 Å². The van der Waals surface area contributed by atoms with Crippen LogP contribution < -0.4 is 10.5 Å². The van der Waals surface area contributed by atoms with Crippen molar-refractivity contribution in [3.63, 3.8) is 0 Å². The molecule has 0 radical (unpaired) electrons. The quantitative estimate of drug-likeness (QED) is 0.712. The van der Waals surface area contributed by atoms with Gasteiger partial charge in [-0.3, -0.25) is 0 Å². The van der Waals surface area contributed by atoms with Gasteiger partial charge in [0.15, 0.2) is 0 Å². The molecule has 0 spiro atoms. The lowest BCUT2D eigenvalue weighted by atomic mass is 10.0. The monoisotopic (exact) mass is 193 g/mol. The number of rotatable bonds is 3. The third kappa shape index (κ3) is 2.34. The van der Waals surface area contributed by atoms with Crippen molar-refractivity contribution in [1.29, 1.82) is 0 Å². The van der Waals surface area contributed by atoms with Crippen LogP contribution in [-0.4, -0.2) is 16.8 Å². The molecule has 1 N–H and O–H groups in total. The first-order chi connectivity index (χ1) is 6.16. The van der Waals surface area contributed by atoms with Gasteiger partial charge < -0.3 is 5.32 Å². The molecule has 0 fully saturated rings. The highest BCUT2D eigenvalue weighted by atomic mass is 28.1. The normalized spacial score (nSPS) is 10.8. The van der Waals surface area contributed by atoms with Gasteiger partial charge in [-0.15, -0.1) is 0 Å². The molecule has 0 aliphatic carbocycles. The first-order valence-electron chi connectivity index (χ1n) is 5.00. The van der Waals surface area contributed by atoms with Crippen LogP contribution in [0.25, 0.3) is 0 Å². The van der Waals surface area contributed by atoms with Crippen molar-refractivity contribution in [1.82, 2.24) is 0 Å². The lowest BCUT2D eigenvalue weighted by Gasteiger charge is -2.16. The molecular weight excluding hydrogens is 174 g/mol. The molecule has 0 atom stereocenters. The summed E-state index contributed by atoms with van der Waals surface area (Å²) in [6.07, 6.45) is 0. The average Bonchev–Trinajstić information content (AvgIpc) is 2.04. The summed E-state index contributed by atoms with van der Waals surface area (Å²) in [5.41, 5.74) is 2.83. The summed E-state index contributed by atoms with van der Waals surface area (Å²) in [7, 11) is 1.14. The molecule has 0 aliphatic heterocycles. The van der Waals surface area contributed by atoms with E-state index in [2.05, 4.69) is 44.3 Å². The molecule has 1 aromatic carbocycles. The molecule has 0 amide bonds. The molecule has 0 aliphatic rings. The molecule has 1 nitrogen and oxygen atoms in total. The molecule has 0 heterocycles. The van der Waals surface area contributed by atoms with Crippen molar-refractivity contribution >= 4 is 21.1 Å². The Bertz CT molecular complexity index is 281. The van der Waals surface area contributed by atoms with E-state index in [1.165, 1.54) is 16.4 Å². The third-order valence-electron chi connectivity index (χ3n) is 2.27. The van der Waals surface area contributed by atoms with E-state index in [9.17, 15) is 0 Å². The van der Waals surface area contributed by atoms with E-state index in [1.807, 2.05) is 0 Å². The van der Waals surface area contributed by atoms with E-state index in [4.69, 9.17) is 0 Å². The number of benzene rings is 1. The minimum absolute atomic E-state index is 0.628. The lowest BCUT2D eigenvalue weighted by molar-refractivity contribution is 0.873. The fourth-order valence-electron chi connectivity index (χ4n) is 1.79. The van der Waals surface area contributed by atoms with Crippen molar-refractivity contribution in [2.45, 2.75) is 26.7 Å². The smallest absolute Gasteiger partial charge is 0.0389 e. The summed E-state index contributed by atoms with van der Waals surface area (Å²) in [5.74, 6) is 0.628. The molecule has 0 aromatic heterocycles. The van der Waals surface area contributed by atoms with E-state index in [0.29, 0.717) is 5.92 Å². The summed E-state index contributed by atoms with van der Waals surface area (Å²) in [4.78, 5) is 0. The van der Waals surface area contributed by atoms with Crippen LogP contribution in [0.1, 0.15) is 32.3 Å². The van der Waals surface area contributed by atoms with Crippen molar-refractivity contribution in [2.75, 3.05) is 11.9 Å². The van der Waals surface area contributed by atoms with Gasteiger partial charge in [0, 0.05) is 22.5 Å². The lowest BCUT2D eigenvalue weighted by Crippen LogP contribution is -2.15. The first kappa shape index (κ1) is 10.3. The Balaban J connectivity index is 3.10.